The Morgan fingerprint density at radius 1 is 0.340 bits per heavy atom. The van der Waals surface area contributed by atoms with Gasteiger partial charge >= 0.3 is 12.4 Å². The largest absolute Gasteiger partial charge is 0.416 e. The zero-order valence-corrected chi connectivity index (χ0v) is 27.1. The lowest BCUT2D eigenvalue weighted by atomic mass is 9.98. The number of benzene rings is 6. The summed E-state index contributed by atoms with van der Waals surface area (Å²) in [5.74, 6) is 0. The third-order valence-corrected chi connectivity index (χ3v) is 8.49. The molecule has 0 spiro atoms. The predicted octanol–water partition coefficient (Wildman–Crippen LogP) is 11.7. The first-order chi connectivity index (χ1) is 25.3. The summed E-state index contributed by atoms with van der Waals surface area (Å²) in [4.78, 5) is 1.84. The molecule has 11 heteroatoms. The van der Waals surface area contributed by atoms with Gasteiger partial charge in [0, 0.05) is 17.1 Å². The summed E-state index contributed by atoms with van der Waals surface area (Å²) in [5.41, 5.74) is 2.72. The monoisotopic (exact) mass is 709 g/mol. The molecule has 6 aromatic rings. The summed E-state index contributed by atoms with van der Waals surface area (Å²) in [5, 5.41) is 37.6. The van der Waals surface area contributed by atoms with Crippen LogP contribution in [0.5, 0.6) is 0 Å². The van der Waals surface area contributed by atoms with Crippen LogP contribution in [0.4, 0.5) is 43.4 Å². The highest BCUT2D eigenvalue weighted by atomic mass is 19.4. The molecule has 0 saturated carbocycles. The van der Waals surface area contributed by atoms with E-state index in [4.69, 9.17) is 0 Å². The van der Waals surface area contributed by atoms with Gasteiger partial charge in [0.15, 0.2) is 0 Å². The van der Waals surface area contributed by atoms with E-state index in [1.54, 1.807) is 48.5 Å². The van der Waals surface area contributed by atoms with Gasteiger partial charge in [0.25, 0.3) is 0 Å². The van der Waals surface area contributed by atoms with E-state index >= 15 is 0 Å². The molecule has 0 bridgehead atoms. The van der Waals surface area contributed by atoms with Crippen LogP contribution < -0.4 is 4.90 Å². The highest BCUT2D eigenvalue weighted by molar-refractivity contribution is 5.81. The normalized spacial score (nSPS) is 11.1. The first-order valence-electron chi connectivity index (χ1n) is 15.6. The Labute approximate surface area is 299 Å². The van der Waals surface area contributed by atoms with E-state index in [0.29, 0.717) is 40.3 Å². The summed E-state index contributed by atoms with van der Waals surface area (Å²) in [6.45, 7) is 0. The lowest BCUT2D eigenvalue weighted by Crippen LogP contribution is -2.11. The van der Waals surface area contributed by atoms with Gasteiger partial charge in [-0.05, 0) is 112 Å². The second kappa shape index (κ2) is 14.1. The van der Waals surface area contributed by atoms with Crippen molar-refractivity contribution in [3.63, 3.8) is 0 Å². The summed E-state index contributed by atoms with van der Waals surface area (Å²) in [7, 11) is 0. The van der Waals surface area contributed by atoms with Gasteiger partial charge < -0.3 is 4.90 Å². The lowest BCUT2D eigenvalue weighted by Gasteiger charge is -2.26. The molecule has 0 aliphatic rings. The summed E-state index contributed by atoms with van der Waals surface area (Å²) < 4.78 is 81.5. The summed E-state index contributed by atoms with van der Waals surface area (Å²) in [6, 6.07) is 39.8. The van der Waals surface area contributed by atoms with Gasteiger partial charge in [0.1, 0.15) is 24.3 Å². The SMILES string of the molecule is N#Cc1ccc(-c2ccc(N(c3ccc(-c4cc(C(F)(F)F)cc(C(F)(F)F)c4)cc3)c3ccc(-c4ccc(C#N)c(C#N)c4)cc3)cc2)cc1C#N. The van der Waals surface area contributed by atoms with Crippen molar-refractivity contribution in [3.8, 4) is 57.7 Å². The number of alkyl halides is 6. The van der Waals surface area contributed by atoms with Gasteiger partial charge in [0.2, 0.25) is 0 Å². The van der Waals surface area contributed by atoms with Gasteiger partial charge in [-0.1, -0.05) is 48.5 Å². The Balaban J connectivity index is 1.42. The van der Waals surface area contributed by atoms with Crippen molar-refractivity contribution in [3.05, 3.63) is 161 Å². The molecule has 6 rings (SSSR count). The standard InChI is InChI=1S/C42H21F6N5/c43-41(44,45)36-19-33(20-37(21-36)42(46,47)48)28-9-15-40(16-10-28)53(38-11-5-26(6-12-38)29-1-3-31(22-49)34(17-29)24-51)39-13-7-27(8-14-39)30-2-4-32(23-50)35(18-30)25-52/h1-21H. The fourth-order valence-electron chi connectivity index (χ4n) is 5.81. The van der Waals surface area contributed by atoms with Crippen LogP contribution in [0.3, 0.4) is 0 Å². The maximum atomic E-state index is 13.6. The van der Waals surface area contributed by atoms with Gasteiger partial charge in [-0.2, -0.15) is 47.4 Å². The quantitative estimate of drug-likeness (QED) is 0.160. The Morgan fingerprint density at radius 3 is 0.943 bits per heavy atom. The summed E-state index contributed by atoms with van der Waals surface area (Å²) in [6.07, 6.45) is -9.99. The fraction of sp³-hybridized carbons (Fsp3) is 0.0476. The number of nitrogens with zero attached hydrogens (tertiary/aromatic N) is 5. The van der Waals surface area contributed by atoms with Crippen molar-refractivity contribution < 1.29 is 26.3 Å². The zero-order valence-electron chi connectivity index (χ0n) is 27.1. The first kappa shape index (κ1) is 35.5. The van der Waals surface area contributed by atoms with Crippen LogP contribution in [0.1, 0.15) is 33.4 Å². The first-order valence-corrected chi connectivity index (χ1v) is 15.6. The Morgan fingerprint density at radius 2 is 0.642 bits per heavy atom. The van der Waals surface area contributed by atoms with Crippen molar-refractivity contribution in [2.45, 2.75) is 12.4 Å². The van der Waals surface area contributed by atoms with Crippen LogP contribution in [0.15, 0.2) is 127 Å². The van der Waals surface area contributed by atoms with E-state index in [1.165, 1.54) is 12.1 Å². The molecule has 0 N–H and O–H groups in total. The third-order valence-electron chi connectivity index (χ3n) is 8.49. The molecule has 256 valence electrons. The minimum absolute atomic E-state index is 0.0882. The van der Waals surface area contributed by atoms with E-state index in [2.05, 4.69) is 0 Å². The van der Waals surface area contributed by atoms with E-state index in [1.807, 2.05) is 77.7 Å². The van der Waals surface area contributed by atoms with Crippen molar-refractivity contribution >= 4 is 17.1 Å². The van der Waals surface area contributed by atoms with Crippen molar-refractivity contribution in [1.82, 2.24) is 0 Å². The molecule has 6 aromatic carbocycles. The van der Waals surface area contributed by atoms with Crippen LogP contribution in [-0.4, -0.2) is 0 Å². The number of halogens is 6. The molecule has 0 saturated heterocycles. The molecule has 0 aliphatic heterocycles. The minimum Gasteiger partial charge on any atom is -0.311 e. The smallest absolute Gasteiger partial charge is 0.311 e. The van der Waals surface area contributed by atoms with Crippen LogP contribution in [0.2, 0.25) is 0 Å². The molecule has 0 atom stereocenters. The van der Waals surface area contributed by atoms with Crippen LogP contribution >= 0.6 is 0 Å². The molecule has 0 amide bonds. The van der Waals surface area contributed by atoms with Gasteiger partial charge in [-0.25, -0.2) is 0 Å². The predicted molar refractivity (Wildman–Crippen MR) is 186 cm³/mol. The molecule has 0 unspecified atom stereocenters. The number of nitriles is 4. The second-order valence-electron chi connectivity index (χ2n) is 11.7. The molecule has 0 radical (unpaired) electrons. The number of rotatable bonds is 6. The molecular weight excluding hydrogens is 688 g/mol. The zero-order chi connectivity index (χ0) is 37.9. The van der Waals surface area contributed by atoms with E-state index in [0.717, 1.165) is 11.1 Å². The third kappa shape index (κ3) is 7.42. The highest BCUT2D eigenvalue weighted by Gasteiger charge is 2.37. The van der Waals surface area contributed by atoms with Crippen LogP contribution in [-0.2, 0) is 12.4 Å². The number of hydrogen-bond acceptors (Lipinski definition) is 5. The highest BCUT2D eigenvalue weighted by Crippen LogP contribution is 2.41. The molecular formula is C42H21F6N5. The van der Waals surface area contributed by atoms with E-state index in [-0.39, 0.29) is 39.4 Å². The maximum Gasteiger partial charge on any atom is 0.416 e. The minimum atomic E-state index is -4.99. The Bertz CT molecular complexity index is 2360. The van der Waals surface area contributed by atoms with E-state index in [9.17, 15) is 47.4 Å². The molecule has 0 aliphatic carbocycles. The summed E-state index contributed by atoms with van der Waals surface area (Å²) >= 11 is 0. The maximum absolute atomic E-state index is 13.6. The number of hydrogen-bond donors (Lipinski definition) is 0. The Hall–Kier alpha value is -7.34. The molecule has 0 heterocycles. The lowest BCUT2D eigenvalue weighted by molar-refractivity contribution is -0.143. The van der Waals surface area contributed by atoms with Crippen molar-refractivity contribution in [2.75, 3.05) is 4.90 Å². The van der Waals surface area contributed by atoms with Crippen LogP contribution in [0.25, 0.3) is 33.4 Å². The average molecular weight is 710 g/mol. The van der Waals surface area contributed by atoms with E-state index < -0.39 is 23.5 Å². The topological polar surface area (TPSA) is 98.4 Å². The van der Waals surface area contributed by atoms with Crippen molar-refractivity contribution in [2.24, 2.45) is 0 Å². The second-order valence-corrected chi connectivity index (χ2v) is 11.7. The molecule has 0 fully saturated rings. The van der Waals surface area contributed by atoms with Gasteiger partial charge in [0.05, 0.1) is 33.4 Å². The average Bonchev–Trinajstić information content (AvgIpc) is 3.17. The fourth-order valence-corrected chi connectivity index (χ4v) is 5.81. The molecule has 0 aromatic heterocycles. The van der Waals surface area contributed by atoms with Crippen LogP contribution in [0, 0.1) is 45.3 Å². The van der Waals surface area contributed by atoms with Gasteiger partial charge in [-0.15, -0.1) is 0 Å². The van der Waals surface area contributed by atoms with Gasteiger partial charge in [-0.3, -0.25) is 0 Å². The van der Waals surface area contributed by atoms with Crippen molar-refractivity contribution in [1.29, 1.82) is 21.0 Å². The number of anilines is 3. The molecule has 53 heavy (non-hydrogen) atoms. The Kier molecular flexibility index (Phi) is 9.45. The molecule has 5 nitrogen and oxygen atoms in total.